The SMILES string of the molecule is CC1(C)CCNC(C)(C)C1.[Li]. The molecule has 0 unspecified atom stereocenters. The Morgan fingerprint density at radius 1 is 1.09 bits per heavy atom. The van der Waals surface area contributed by atoms with E-state index in [9.17, 15) is 0 Å². The first-order valence-electron chi connectivity index (χ1n) is 4.16. The second kappa shape index (κ2) is 3.52. The molecular formula is C9H19LiN. The molecular weight excluding hydrogens is 129 g/mol. The first kappa shape index (κ1) is 11.6. The fourth-order valence-electron chi connectivity index (χ4n) is 2.09. The van der Waals surface area contributed by atoms with E-state index in [1.54, 1.807) is 0 Å². The molecule has 11 heavy (non-hydrogen) atoms. The Labute approximate surface area is 82.5 Å². The maximum Gasteiger partial charge on any atom is 0.0130 e. The number of hydrogen-bond acceptors (Lipinski definition) is 1. The van der Waals surface area contributed by atoms with E-state index in [-0.39, 0.29) is 18.9 Å². The molecule has 1 aliphatic heterocycles. The Balaban J connectivity index is 0.000001000. The van der Waals surface area contributed by atoms with Gasteiger partial charge in [-0.25, -0.2) is 0 Å². The van der Waals surface area contributed by atoms with Crippen LogP contribution in [0, 0.1) is 5.41 Å². The summed E-state index contributed by atoms with van der Waals surface area (Å²) in [4.78, 5) is 0. The zero-order chi connectivity index (χ0) is 7.83. The molecule has 1 radical (unpaired) electrons. The van der Waals surface area contributed by atoms with Crippen LogP contribution >= 0.6 is 0 Å². The van der Waals surface area contributed by atoms with Gasteiger partial charge in [-0.3, -0.25) is 0 Å². The first-order valence-corrected chi connectivity index (χ1v) is 4.16. The van der Waals surface area contributed by atoms with Gasteiger partial charge in [0.2, 0.25) is 0 Å². The maximum absolute atomic E-state index is 3.51. The molecule has 0 aromatic rings. The van der Waals surface area contributed by atoms with Crippen LogP contribution in [0.15, 0.2) is 0 Å². The van der Waals surface area contributed by atoms with Crippen LogP contribution in [0.25, 0.3) is 0 Å². The van der Waals surface area contributed by atoms with Gasteiger partial charge in [0.05, 0.1) is 0 Å². The molecule has 0 amide bonds. The zero-order valence-electron chi connectivity index (χ0n) is 8.62. The molecule has 0 bridgehead atoms. The molecule has 1 fully saturated rings. The van der Waals surface area contributed by atoms with Gasteiger partial charge in [0.25, 0.3) is 0 Å². The molecule has 0 aromatic carbocycles. The molecule has 0 aromatic heterocycles. The molecule has 2 heteroatoms. The third-order valence-electron chi connectivity index (χ3n) is 2.33. The van der Waals surface area contributed by atoms with Gasteiger partial charge in [-0.1, -0.05) is 13.8 Å². The first-order chi connectivity index (χ1) is 4.41. The largest absolute Gasteiger partial charge is 0.312 e. The van der Waals surface area contributed by atoms with E-state index in [2.05, 4.69) is 33.0 Å². The van der Waals surface area contributed by atoms with Gasteiger partial charge >= 0.3 is 0 Å². The number of piperidine rings is 1. The molecule has 1 N–H and O–H groups in total. The summed E-state index contributed by atoms with van der Waals surface area (Å²) in [6.45, 7) is 10.5. The van der Waals surface area contributed by atoms with E-state index in [1.807, 2.05) is 0 Å². The fraction of sp³-hybridized carbons (Fsp3) is 1.00. The van der Waals surface area contributed by atoms with Crippen molar-refractivity contribution in [1.82, 2.24) is 5.32 Å². The van der Waals surface area contributed by atoms with Crippen LogP contribution in [0.4, 0.5) is 0 Å². The summed E-state index contributed by atoms with van der Waals surface area (Å²) in [5.41, 5.74) is 0.913. The standard InChI is InChI=1S/C9H19N.Li/c1-8(2)5-6-10-9(3,4)7-8;/h10H,5-7H2,1-4H3;. The molecule has 1 heterocycles. The van der Waals surface area contributed by atoms with Crippen LogP contribution in [0.5, 0.6) is 0 Å². The van der Waals surface area contributed by atoms with Crippen molar-refractivity contribution in [3.05, 3.63) is 0 Å². The van der Waals surface area contributed by atoms with Crippen LogP contribution in [-0.4, -0.2) is 30.9 Å². The average Bonchev–Trinajstić information content (AvgIpc) is 1.56. The monoisotopic (exact) mass is 148 g/mol. The van der Waals surface area contributed by atoms with Crippen molar-refractivity contribution in [2.24, 2.45) is 5.41 Å². The molecule has 1 nitrogen and oxygen atoms in total. The quantitative estimate of drug-likeness (QED) is 0.516. The van der Waals surface area contributed by atoms with E-state index in [4.69, 9.17) is 0 Å². The Bertz CT molecular complexity index is 116. The van der Waals surface area contributed by atoms with E-state index in [0.29, 0.717) is 11.0 Å². The van der Waals surface area contributed by atoms with Crippen molar-refractivity contribution in [3.8, 4) is 0 Å². The Kier molecular flexibility index (Phi) is 3.70. The zero-order valence-corrected chi connectivity index (χ0v) is 8.62. The van der Waals surface area contributed by atoms with Crippen LogP contribution < -0.4 is 5.32 Å². The van der Waals surface area contributed by atoms with Gasteiger partial charge in [0, 0.05) is 24.4 Å². The summed E-state index contributed by atoms with van der Waals surface area (Å²) in [6, 6.07) is 0. The predicted molar refractivity (Wildman–Crippen MR) is 50.9 cm³/mol. The Morgan fingerprint density at radius 2 is 1.64 bits per heavy atom. The van der Waals surface area contributed by atoms with E-state index in [1.165, 1.54) is 19.4 Å². The maximum atomic E-state index is 3.51. The smallest absolute Gasteiger partial charge is 0.0130 e. The molecule has 0 atom stereocenters. The Morgan fingerprint density at radius 3 is 1.91 bits per heavy atom. The van der Waals surface area contributed by atoms with Crippen molar-refractivity contribution in [1.29, 1.82) is 0 Å². The third-order valence-corrected chi connectivity index (χ3v) is 2.33. The van der Waals surface area contributed by atoms with Crippen molar-refractivity contribution in [2.75, 3.05) is 6.54 Å². The summed E-state index contributed by atoms with van der Waals surface area (Å²) >= 11 is 0. The van der Waals surface area contributed by atoms with Gasteiger partial charge in [-0.2, -0.15) is 0 Å². The van der Waals surface area contributed by atoms with Gasteiger partial charge in [0.15, 0.2) is 0 Å². The average molecular weight is 148 g/mol. The minimum absolute atomic E-state index is 0. The molecule has 1 rings (SSSR count). The topological polar surface area (TPSA) is 12.0 Å². The van der Waals surface area contributed by atoms with E-state index < -0.39 is 0 Å². The molecule has 61 valence electrons. The minimum Gasteiger partial charge on any atom is -0.312 e. The molecule has 0 spiro atoms. The molecule has 0 aliphatic carbocycles. The molecule has 1 aliphatic rings. The predicted octanol–water partition coefficient (Wildman–Crippen LogP) is 1.79. The van der Waals surface area contributed by atoms with Gasteiger partial charge < -0.3 is 5.32 Å². The van der Waals surface area contributed by atoms with Crippen LogP contribution in [-0.2, 0) is 0 Å². The number of nitrogens with one attached hydrogen (secondary N) is 1. The molecule has 1 saturated heterocycles. The van der Waals surface area contributed by atoms with Crippen molar-refractivity contribution in [2.45, 2.75) is 46.1 Å². The second-order valence-electron chi connectivity index (χ2n) is 4.90. The normalized spacial score (nSPS) is 27.3. The van der Waals surface area contributed by atoms with E-state index in [0.717, 1.165) is 0 Å². The Hall–Kier alpha value is 0.557. The van der Waals surface area contributed by atoms with E-state index >= 15 is 0 Å². The van der Waals surface area contributed by atoms with Crippen LogP contribution in [0.3, 0.4) is 0 Å². The summed E-state index contributed by atoms with van der Waals surface area (Å²) in [5.74, 6) is 0. The minimum atomic E-state index is 0. The number of hydrogen-bond donors (Lipinski definition) is 1. The molecule has 0 saturated carbocycles. The van der Waals surface area contributed by atoms with Crippen molar-refractivity contribution in [3.63, 3.8) is 0 Å². The second-order valence-corrected chi connectivity index (χ2v) is 4.90. The van der Waals surface area contributed by atoms with Gasteiger partial charge in [0.1, 0.15) is 0 Å². The van der Waals surface area contributed by atoms with Gasteiger partial charge in [-0.15, -0.1) is 0 Å². The van der Waals surface area contributed by atoms with Gasteiger partial charge in [-0.05, 0) is 38.6 Å². The van der Waals surface area contributed by atoms with Crippen molar-refractivity contribution >= 4 is 18.9 Å². The summed E-state index contributed by atoms with van der Waals surface area (Å²) in [7, 11) is 0. The summed E-state index contributed by atoms with van der Waals surface area (Å²) < 4.78 is 0. The summed E-state index contributed by atoms with van der Waals surface area (Å²) in [6.07, 6.45) is 2.61. The fourth-order valence-corrected chi connectivity index (χ4v) is 2.09. The number of rotatable bonds is 0. The van der Waals surface area contributed by atoms with Crippen molar-refractivity contribution < 1.29 is 0 Å². The third kappa shape index (κ3) is 3.65. The summed E-state index contributed by atoms with van der Waals surface area (Å²) in [5, 5.41) is 3.51. The van der Waals surface area contributed by atoms with Crippen LogP contribution in [0.1, 0.15) is 40.5 Å². The van der Waals surface area contributed by atoms with Crippen LogP contribution in [0.2, 0.25) is 0 Å².